The average Bonchev–Trinajstić information content (AvgIpc) is 2.90. The number of carbonyl (C=O) groups is 2. The number of hydrogen-bond acceptors (Lipinski definition) is 4. The molecule has 3 rings (SSSR count). The zero-order valence-corrected chi connectivity index (χ0v) is 22.6. The van der Waals surface area contributed by atoms with Crippen LogP contribution in [0.5, 0.6) is 11.5 Å². The predicted molar refractivity (Wildman–Crippen MR) is 145 cm³/mol. The van der Waals surface area contributed by atoms with E-state index in [1.807, 2.05) is 86.6 Å². The second-order valence-corrected chi connectivity index (χ2v) is 9.42. The fourth-order valence-electron chi connectivity index (χ4n) is 3.82. The summed E-state index contributed by atoms with van der Waals surface area (Å²) >= 11 is 3.48. The maximum atomic E-state index is 13.6. The summed E-state index contributed by atoms with van der Waals surface area (Å²) in [6.07, 6.45) is 1.20. The van der Waals surface area contributed by atoms with Gasteiger partial charge in [-0.05, 0) is 60.4 Å². The summed E-state index contributed by atoms with van der Waals surface area (Å²) in [5, 5.41) is 2.98. The second-order valence-electron chi connectivity index (χ2n) is 8.57. The maximum absolute atomic E-state index is 13.6. The first-order valence-corrected chi connectivity index (χ1v) is 12.8. The van der Waals surface area contributed by atoms with E-state index in [9.17, 15) is 9.59 Å². The molecule has 0 fully saturated rings. The summed E-state index contributed by atoms with van der Waals surface area (Å²) in [6, 6.07) is 22.1. The number of benzene rings is 3. The van der Waals surface area contributed by atoms with Crippen molar-refractivity contribution in [2.75, 3.05) is 20.3 Å². The van der Waals surface area contributed by atoms with E-state index in [4.69, 9.17) is 9.47 Å². The van der Waals surface area contributed by atoms with Crippen LogP contribution in [-0.4, -0.2) is 43.0 Å². The van der Waals surface area contributed by atoms with Crippen molar-refractivity contribution in [3.63, 3.8) is 0 Å². The molecule has 0 spiro atoms. The first-order valence-electron chi connectivity index (χ1n) is 12.0. The summed E-state index contributed by atoms with van der Waals surface area (Å²) in [4.78, 5) is 28.6. The van der Waals surface area contributed by atoms with Crippen molar-refractivity contribution in [2.24, 2.45) is 0 Å². The molecule has 3 aromatic rings. The van der Waals surface area contributed by atoms with Gasteiger partial charge in [0.05, 0.1) is 7.11 Å². The molecule has 0 bridgehead atoms. The van der Waals surface area contributed by atoms with E-state index in [0.29, 0.717) is 24.5 Å². The van der Waals surface area contributed by atoms with E-state index in [0.717, 1.165) is 27.6 Å². The summed E-state index contributed by atoms with van der Waals surface area (Å²) in [5.41, 5.74) is 2.85. The van der Waals surface area contributed by atoms with Crippen LogP contribution in [-0.2, 0) is 22.6 Å². The van der Waals surface area contributed by atoms with Gasteiger partial charge in [0, 0.05) is 24.0 Å². The largest absolute Gasteiger partial charge is 0.497 e. The van der Waals surface area contributed by atoms with Crippen LogP contribution in [0.1, 0.15) is 30.0 Å². The lowest BCUT2D eigenvalue weighted by atomic mass is 10.0. The molecule has 7 heteroatoms. The molecular weight excluding hydrogens is 520 g/mol. The molecule has 0 aliphatic carbocycles. The average molecular weight is 553 g/mol. The second kappa shape index (κ2) is 13.7. The topological polar surface area (TPSA) is 67.9 Å². The summed E-state index contributed by atoms with van der Waals surface area (Å²) in [7, 11) is 1.60. The van der Waals surface area contributed by atoms with Crippen molar-refractivity contribution in [1.82, 2.24) is 10.2 Å². The van der Waals surface area contributed by atoms with Gasteiger partial charge in [-0.25, -0.2) is 0 Å². The Balaban J connectivity index is 1.90. The minimum absolute atomic E-state index is 0.183. The number of rotatable bonds is 12. The highest BCUT2D eigenvalue weighted by molar-refractivity contribution is 9.10. The van der Waals surface area contributed by atoms with E-state index in [1.54, 1.807) is 12.0 Å². The van der Waals surface area contributed by atoms with Gasteiger partial charge in [0.25, 0.3) is 5.91 Å². The van der Waals surface area contributed by atoms with E-state index in [1.165, 1.54) is 0 Å². The van der Waals surface area contributed by atoms with Gasteiger partial charge in [0.2, 0.25) is 5.91 Å². The summed E-state index contributed by atoms with van der Waals surface area (Å²) in [5.74, 6) is 0.833. The van der Waals surface area contributed by atoms with Crippen LogP contribution in [0.2, 0.25) is 0 Å². The molecule has 6 nitrogen and oxygen atoms in total. The van der Waals surface area contributed by atoms with Crippen molar-refractivity contribution in [3.8, 4) is 11.5 Å². The van der Waals surface area contributed by atoms with Gasteiger partial charge >= 0.3 is 0 Å². The van der Waals surface area contributed by atoms with Crippen molar-refractivity contribution in [1.29, 1.82) is 0 Å². The molecule has 0 radical (unpaired) electrons. The first-order chi connectivity index (χ1) is 17.4. The molecule has 36 heavy (non-hydrogen) atoms. The molecule has 0 saturated heterocycles. The molecule has 0 heterocycles. The molecule has 0 aliphatic rings. The van der Waals surface area contributed by atoms with Gasteiger partial charge in [-0.3, -0.25) is 9.59 Å². The number of halogens is 1. The van der Waals surface area contributed by atoms with Crippen LogP contribution in [0.4, 0.5) is 0 Å². The molecule has 1 unspecified atom stereocenters. The number of amides is 2. The van der Waals surface area contributed by atoms with Gasteiger partial charge in [-0.1, -0.05) is 65.3 Å². The SMILES string of the molecule is CCCNC(=O)C(Cc1ccccc1)N(Cc1cccc(OC)c1)C(=O)COc1ccc(Br)c(C)c1. The fourth-order valence-corrected chi connectivity index (χ4v) is 4.07. The van der Waals surface area contributed by atoms with Crippen molar-refractivity contribution < 1.29 is 19.1 Å². The Morgan fingerprint density at radius 2 is 1.72 bits per heavy atom. The number of methoxy groups -OCH3 is 1. The monoisotopic (exact) mass is 552 g/mol. The molecular formula is C29H33BrN2O4. The van der Waals surface area contributed by atoms with Crippen molar-refractivity contribution >= 4 is 27.7 Å². The number of nitrogens with one attached hydrogen (secondary N) is 1. The number of aryl methyl sites for hydroxylation is 1. The third-order valence-electron chi connectivity index (χ3n) is 5.80. The number of ether oxygens (including phenoxy) is 2. The van der Waals surface area contributed by atoms with Crippen LogP contribution in [0.3, 0.4) is 0 Å². The predicted octanol–water partition coefficient (Wildman–Crippen LogP) is 5.31. The van der Waals surface area contributed by atoms with Crippen LogP contribution >= 0.6 is 15.9 Å². The molecule has 1 atom stereocenters. The highest BCUT2D eigenvalue weighted by Gasteiger charge is 2.30. The molecule has 2 amide bonds. The highest BCUT2D eigenvalue weighted by Crippen LogP contribution is 2.22. The van der Waals surface area contributed by atoms with Gasteiger partial charge in [-0.2, -0.15) is 0 Å². The molecule has 3 aromatic carbocycles. The Kier molecular flexibility index (Phi) is 10.4. The normalized spacial score (nSPS) is 11.4. The minimum atomic E-state index is -0.701. The Hall–Kier alpha value is -3.32. The Bertz CT molecular complexity index is 1150. The molecule has 0 saturated carbocycles. The standard InChI is InChI=1S/C29H33BrN2O4/c1-4-15-31-29(34)27(18-22-9-6-5-7-10-22)32(19-23-11-8-12-24(17-23)35-3)28(33)20-36-25-13-14-26(30)21(2)16-25/h5-14,16-17,27H,4,15,18-20H2,1-3H3,(H,31,34). The first kappa shape index (κ1) is 27.3. The summed E-state index contributed by atoms with van der Waals surface area (Å²) in [6.45, 7) is 4.56. The van der Waals surface area contributed by atoms with Crippen molar-refractivity contribution in [3.05, 3.63) is 94.0 Å². The third kappa shape index (κ3) is 7.85. The molecule has 190 valence electrons. The van der Waals surface area contributed by atoms with Gasteiger partial charge in [0.1, 0.15) is 17.5 Å². The number of carbonyl (C=O) groups excluding carboxylic acids is 2. The molecule has 0 aromatic heterocycles. The lowest BCUT2D eigenvalue weighted by molar-refractivity contribution is -0.142. The summed E-state index contributed by atoms with van der Waals surface area (Å²) < 4.78 is 12.2. The fraction of sp³-hybridized carbons (Fsp3) is 0.310. The highest BCUT2D eigenvalue weighted by atomic mass is 79.9. The maximum Gasteiger partial charge on any atom is 0.261 e. The zero-order valence-electron chi connectivity index (χ0n) is 21.0. The van der Waals surface area contributed by atoms with E-state index >= 15 is 0 Å². The van der Waals surface area contributed by atoms with Gasteiger partial charge < -0.3 is 19.7 Å². The van der Waals surface area contributed by atoms with Crippen LogP contribution in [0, 0.1) is 6.92 Å². The number of nitrogens with zero attached hydrogens (tertiary/aromatic N) is 1. The van der Waals surface area contributed by atoms with Gasteiger partial charge in [0.15, 0.2) is 6.61 Å². The van der Waals surface area contributed by atoms with Gasteiger partial charge in [-0.15, -0.1) is 0 Å². The molecule has 1 N–H and O–H groups in total. The van der Waals surface area contributed by atoms with E-state index in [-0.39, 0.29) is 25.0 Å². The zero-order chi connectivity index (χ0) is 25.9. The van der Waals surface area contributed by atoms with Crippen LogP contribution in [0.25, 0.3) is 0 Å². The third-order valence-corrected chi connectivity index (χ3v) is 6.69. The molecule has 0 aliphatic heterocycles. The lowest BCUT2D eigenvalue weighted by Gasteiger charge is -2.31. The van der Waals surface area contributed by atoms with E-state index in [2.05, 4.69) is 21.2 Å². The smallest absolute Gasteiger partial charge is 0.261 e. The van der Waals surface area contributed by atoms with E-state index < -0.39 is 6.04 Å². The van der Waals surface area contributed by atoms with Crippen molar-refractivity contribution in [2.45, 2.75) is 39.3 Å². The Labute approximate surface area is 221 Å². The minimum Gasteiger partial charge on any atom is -0.497 e. The Morgan fingerprint density at radius 1 is 0.972 bits per heavy atom. The van der Waals surface area contributed by atoms with Crippen LogP contribution in [0.15, 0.2) is 77.3 Å². The lowest BCUT2D eigenvalue weighted by Crippen LogP contribution is -2.51. The quantitative estimate of drug-likeness (QED) is 0.330. The van der Waals surface area contributed by atoms with Crippen LogP contribution < -0.4 is 14.8 Å². The Morgan fingerprint density at radius 3 is 2.42 bits per heavy atom. The number of hydrogen-bond donors (Lipinski definition) is 1.